The molecule has 2 unspecified atom stereocenters. The Kier molecular flexibility index (Phi) is 7.77. The topological polar surface area (TPSA) is 96.0 Å². The fourth-order valence-corrected chi connectivity index (χ4v) is 9.70. The van der Waals surface area contributed by atoms with E-state index in [1.165, 1.54) is 30.5 Å². The molecule has 0 aliphatic heterocycles. The van der Waals surface area contributed by atoms with Crippen molar-refractivity contribution in [1.29, 1.82) is 0 Å². The van der Waals surface area contributed by atoms with Crippen molar-refractivity contribution in [2.24, 2.45) is 22.7 Å². The van der Waals surface area contributed by atoms with Gasteiger partial charge in [-0.1, -0.05) is 32.4 Å². The van der Waals surface area contributed by atoms with Gasteiger partial charge in [-0.05, 0) is 141 Å². The number of aryl methyl sites for hydroxylation is 2. The number of fused-ring (bicyclic) bond motifs is 6. The van der Waals surface area contributed by atoms with Gasteiger partial charge >= 0.3 is 23.9 Å². The highest BCUT2D eigenvalue weighted by Crippen LogP contribution is 2.59. The molecular weight excluding hydrogens is 568 g/mol. The maximum atomic E-state index is 14.1. The first kappa shape index (κ1) is 31.5. The van der Waals surface area contributed by atoms with Crippen molar-refractivity contribution < 1.29 is 33.4 Å². The first-order valence-electron chi connectivity index (χ1n) is 16.6. The van der Waals surface area contributed by atoms with E-state index in [9.17, 15) is 19.2 Å². The molecule has 2 aromatic rings. The number of hydrogen-bond donors (Lipinski definition) is 0. The van der Waals surface area contributed by atoms with Gasteiger partial charge in [-0.25, -0.2) is 0 Å². The van der Waals surface area contributed by atoms with Crippen LogP contribution in [0.2, 0.25) is 0 Å². The molecule has 240 valence electrons. The second-order valence-electron chi connectivity index (χ2n) is 15.2. The molecule has 0 N–H and O–H groups in total. The van der Waals surface area contributed by atoms with Crippen LogP contribution in [0.3, 0.4) is 0 Å². The quantitative estimate of drug-likeness (QED) is 0.202. The van der Waals surface area contributed by atoms with Crippen molar-refractivity contribution in [3.63, 3.8) is 0 Å². The number of benzene rings is 2. The van der Waals surface area contributed by atoms with Crippen molar-refractivity contribution >= 4 is 23.9 Å². The number of ether oxygens (including phenoxy) is 3. The van der Waals surface area contributed by atoms with E-state index in [1.807, 2.05) is 38.1 Å². The Morgan fingerprint density at radius 3 is 2.07 bits per heavy atom. The van der Waals surface area contributed by atoms with Crippen LogP contribution >= 0.6 is 0 Å². The molecule has 0 aromatic heterocycles. The number of hydrogen-bond acceptors (Lipinski definition) is 7. The molecule has 7 nitrogen and oxygen atoms in total. The standard InChI is InChI=1S/C38H46O7/c1-23(39)43-28-13-14-30-26(20-28)10-15-32-37(30,5)16-7-17-38(32,6)34(42)45-33(41)35(3)18-19-36(4)27(22-35)11-8-25-9-12-29(21-31(25)36)44-24(2)40/h9,12-14,20-21,27,32H,7-8,10-11,15-19,22H2,1-6H3/t27-,32+,35?,36-,37+,38?/m0/s1. The molecule has 0 amide bonds. The van der Waals surface area contributed by atoms with E-state index in [-0.39, 0.29) is 34.6 Å². The van der Waals surface area contributed by atoms with Gasteiger partial charge in [-0.2, -0.15) is 0 Å². The van der Waals surface area contributed by atoms with Gasteiger partial charge in [-0.3, -0.25) is 19.2 Å². The monoisotopic (exact) mass is 614 g/mol. The van der Waals surface area contributed by atoms with Crippen molar-refractivity contribution in [3.05, 3.63) is 58.7 Å². The third-order valence-electron chi connectivity index (χ3n) is 12.2. The van der Waals surface area contributed by atoms with Crippen molar-refractivity contribution in [2.45, 2.75) is 117 Å². The maximum Gasteiger partial charge on any atom is 0.319 e. The summed E-state index contributed by atoms with van der Waals surface area (Å²) in [5.41, 5.74) is 2.94. The summed E-state index contributed by atoms with van der Waals surface area (Å²) in [4.78, 5) is 51.2. The Labute approximate surface area is 266 Å². The first-order valence-corrected chi connectivity index (χ1v) is 16.6. The van der Waals surface area contributed by atoms with Gasteiger partial charge in [-0.15, -0.1) is 0 Å². The summed E-state index contributed by atoms with van der Waals surface area (Å²) in [7, 11) is 0. The van der Waals surface area contributed by atoms with E-state index < -0.39 is 22.8 Å². The van der Waals surface area contributed by atoms with Gasteiger partial charge in [0.25, 0.3) is 0 Å². The molecule has 0 heterocycles. The first-order chi connectivity index (χ1) is 21.2. The SMILES string of the molecule is CC(=O)Oc1ccc2c(c1)CC[C@H]1C(C)(C(=O)OC(=O)C3(C)CC[C@]4(C)c5cc(OC(C)=O)ccc5CC[C@H]4C3)CCC[C@]21C. The summed E-state index contributed by atoms with van der Waals surface area (Å²) in [5.74, 6) is -0.0735. The van der Waals surface area contributed by atoms with E-state index in [1.54, 1.807) is 0 Å². The minimum Gasteiger partial charge on any atom is -0.427 e. The fraction of sp³-hybridized carbons (Fsp3) is 0.579. The summed E-state index contributed by atoms with van der Waals surface area (Å²) in [5, 5.41) is 0. The van der Waals surface area contributed by atoms with Gasteiger partial charge in [0.2, 0.25) is 0 Å². The zero-order chi connectivity index (χ0) is 32.4. The average Bonchev–Trinajstić information content (AvgIpc) is 2.97. The molecule has 45 heavy (non-hydrogen) atoms. The fourth-order valence-electron chi connectivity index (χ4n) is 9.70. The smallest absolute Gasteiger partial charge is 0.319 e. The van der Waals surface area contributed by atoms with Crippen LogP contribution in [-0.2, 0) is 47.6 Å². The van der Waals surface area contributed by atoms with Crippen molar-refractivity contribution in [2.75, 3.05) is 0 Å². The lowest BCUT2D eigenvalue weighted by molar-refractivity contribution is -0.181. The van der Waals surface area contributed by atoms with Gasteiger partial charge in [0.15, 0.2) is 0 Å². The van der Waals surface area contributed by atoms with Gasteiger partial charge < -0.3 is 14.2 Å². The Balaban J connectivity index is 1.19. The molecule has 4 aliphatic rings. The number of carbonyl (C=O) groups is 4. The molecule has 2 aromatic carbocycles. The Morgan fingerprint density at radius 2 is 1.36 bits per heavy atom. The van der Waals surface area contributed by atoms with Crippen molar-refractivity contribution in [1.82, 2.24) is 0 Å². The lowest BCUT2D eigenvalue weighted by atomic mass is 9.50. The summed E-state index contributed by atoms with van der Waals surface area (Å²) < 4.78 is 16.7. The minimum absolute atomic E-state index is 0.0369. The summed E-state index contributed by atoms with van der Waals surface area (Å²) in [6, 6.07) is 11.8. The van der Waals surface area contributed by atoms with Crippen LogP contribution in [0.4, 0.5) is 0 Å². The Bertz CT molecular complexity index is 1580. The van der Waals surface area contributed by atoms with Gasteiger partial charge in [0, 0.05) is 13.8 Å². The normalized spacial score (nSPS) is 33.4. The third-order valence-corrected chi connectivity index (χ3v) is 12.2. The van der Waals surface area contributed by atoms with Crippen LogP contribution < -0.4 is 9.47 Å². The summed E-state index contributed by atoms with van der Waals surface area (Å²) >= 11 is 0. The van der Waals surface area contributed by atoms with Crippen LogP contribution in [0.15, 0.2) is 36.4 Å². The average molecular weight is 615 g/mol. The van der Waals surface area contributed by atoms with Crippen LogP contribution in [0.25, 0.3) is 0 Å². The molecule has 4 aliphatic carbocycles. The van der Waals surface area contributed by atoms with E-state index >= 15 is 0 Å². The molecular formula is C38H46O7. The maximum absolute atomic E-state index is 14.1. The van der Waals surface area contributed by atoms with E-state index in [0.717, 1.165) is 50.5 Å². The largest absolute Gasteiger partial charge is 0.427 e. The number of rotatable bonds is 4. The molecule has 7 heteroatoms. The molecule has 0 bridgehead atoms. The van der Waals surface area contributed by atoms with E-state index in [2.05, 4.69) is 26.0 Å². The molecule has 2 saturated carbocycles. The summed E-state index contributed by atoms with van der Waals surface area (Å²) in [6.07, 6.45) is 8.03. The Hall–Kier alpha value is -3.48. The highest BCUT2D eigenvalue weighted by atomic mass is 16.6. The molecule has 6 rings (SSSR count). The minimum atomic E-state index is -0.772. The second-order valence-corrected chi connectivity index (χ2v) is 15.2. The molecule has 0 radical (unpaired) electrons. The third kappa shape index (κ3) is 5.30. The Morgan fingerprint density at radius 1 is 0.689 bits per heavy atom. The molecule has 0 saturated heterocycles. The predicted molar refractivity (Wildman–Crippen MR) is 169 cm³/mol. The van der Waals surface area contributed by atoms with Gasteiger partial charge in [0.1, 0.15) is 11.5 Å². The van der Waals surface area contributed by atoms with Crippen LogP contribution in [0.1, 0.15) is 115 Å². The van der Waals surface area contributed by atoms with E-state index in [4.69, 9.17) is 14.2 Å². The highest BCUT2D eigenvalue weighted by Gasteiger charge is 2.57. The zero-order valence-electron chi connectivity index (χ0n) is 27.5. The number of carbonyl (C=O) groups excluding carboxylic acids is 4. The molecule has 0 spiro atoms. The van der Waals surface area contributed by atoms with Crippen LogP contribution in [0, 0.1) is 22.7 Å². The summed E-state index contributed by atoms with van der Waals surface area (Å²) in [6.45, 7) is 11.3. The zero-order valence-corrected chi connectivity index (χ0v) is 27.5. The van der Waals surface area contributed by atoms with Crippen LogP contribution in [0.5, 0.6) is 11.5 Å². The lowest BCUT2D eigenvalue weighted by Gasteiger charge is -2.54. The lowest BCUT2D eigenvalue weighted by Crippen LogP contribution is -2.54. The molecule has 2 fully saturated rings. The van der Waals surface area contributed by atoms with Gasteiger partial charge in [0.05, 0.1) is 10.8 Å². The van der Waals surface area contributed by atoms with Crippen LogP contribution in [-0.4, -0.2) is 23.9 Å². The van der Waals surface area contributed by atoms with E-state index in [0.29, 0.717) is 30.8 Å². The molecule has 6 atom stereocenters. The predicted octanol–water partition coefficient (Wildman–Crippen LogP) is 7.33. The second kappa shape index (κ2) is 11.1. The highest BCUT2D eigenvalue weighted by molar-refractivity contribution is 5.92. The number of esters is 4. The van der Waals surface area contributed by atoms with Crippen molar-refractivity contribution in [3.8, 4) is 11.5 Å².